The molecule has 1 aromatic heterocycles. The predicted octanol–water partition coefficient (Wildman–Crippen LogP) is 0.759. The fourth-order valence-corrected chi connectivity index (χ4v) is 3.39. The second kappa shape index (κ2) is 8.28. The Hall–Kier alpha value is -2.17. The lowest BCUT2D eigenvalue weighted by molar-refractivity contribution is -0.126. The number of piperazine rings is 1. The number of anilines is 1. The van der Waals surface area contributed by atoms with Gasteiger partial charge in [-0.15, -0.1) is 0 Å². The molecule has 2 fully saturated rings. The number of hydrogen-bond donors (Lipinski definition) is 1. The Morgan fingerprint density at radius 2 is 2.28 bits per heavy atom. The molecule has 2 aliphatic rings. The van der Waals surface area contributed by atoms with E-state index in [1.165, 1.54) is 0 Å². The Labute approximate surface area is 148 Å². The Kier molecular flexibility index (Phi) is 5.84. The number of carbonyl (C=O) groups excluding carboxylic acids is 1. The standard InChI is InChI=1S/C18H25N5O2/c1-14(18(24)21-13-16-5-3-11-25-16)22-7-9-23(10-8-22)17-15(12-19)4-2-6-20-17/h2,4,6,14,16H,3,5,7-11,13H2,1H3,(H,21,24). The van der Waals surface area contributed by atoms with Crippen LogP contribution in [0.2, 0.25) is 0 Å². The first-order chi connectivity index (χ1) is 12.2. The molecule has 1 N–H and O–H groups in total. The summed E-state index contributed by atoms with van der Waals surface area (Å²) in [5, 5.41) is 12.2. The van der Waals surface area contributed by atoms with Crippen LogP contribution in [0.25, 0.3) is 0 Å². The van der Waals surface area contributed by atoms with Crippen LogP contribution in [0.3, 0.4) is 0 Å². The lowest BCUT2D eigenvalue weighted by atomic mass is 10.2. The molecule has 0 aromatic carbocycles. The molecule has 2 aliphatic heterocycles. The number of amides is 1. The zero-order valence-corrected chi connectivity index (χ0v) is 14.6. The van der Waals surface area contributed by atoms with Crippen LogP contribution in [0.4, 0.5) is 5.82 Å². The predicted molar refractivity (Wildman–Crippen MR) is 94.2 cm³/mol. The monoisotopic (exact) mass is 343 g/mol. The first-order valence-corrected chi connectivity index (χ1v) is 8.92. The van der Waals surface area contributed by atoms with Gasteiger partial charge in [-0.05, 0) is 31.9 Å². The van der Waals surface area contributed by atoms with Crippen LogP contribution in [0.5, 0.6) is 0 Å². The highest BCUT2D eigenvalue weighted by molar-refractivity contribution is 5.81. The number of ether oxygens (including phenoxy) is 1. The minimum atomic E-state index is -0.164. The van der Waals surface area contributed by atoms with Gasteiger partial charge in [0, 0.05) is 45.5 Å². The molecule has 0 bridgehead atoms. The molecular formula is C18H25N5O2. The highest BCUT2D eigenvalue weighted by Crippen LogP contribution is 2.19. The number of nitrogens with one attached hydrogen (secondary N) is 1. The molecular weight excluding hydrogens is 318 g/mol. The molecule has 0 saturated carbocycles. The van der Waals surface area contributed by atoms with Gasteiger partial charge in [-0.2, -0.15) is 5.26 Å². The van der Waals surface area contributed by atoms with Crippen molar-refractivity contribution in [1.29, 1.82) is 5.26 Å². The second-order valence-corrected chi connectivity index (χ2v) is 6.57. The Morgan fingerprint density at radius 1 is 1.48 bits per heavy atom. The number of carbonyl (C=O) groups is 1. The van der Waals surface area contributed by atoms with Gasteiger partial charge in [0.2, 0.25) is 5.91 Å². The summed E-state index contributed by atoms with van der Waals surface area (Å²) >= 11 is 0. The van der Waals surface area contributed by atoms with Crippen molar-refractivity contribution in [2.75, 3.05) is 44.2 Å². The third-order valence-electron chi connectivity index (χ3n) is 4.98. The van der Waals surface area contributed by atoms with Crippen LogP contribution in [-0.2, 0) is 9.53 Å². The van der Waals surface area contributed by atoms with Gasteiger partial charge in [0.1, 0.15) is 11.9 Å². The van der Waals surface area contributed by atoms with E-state index in [1.54, 1.807) is 18.3 Å². The average Bonchev–Trinajstić information content (AvgIpc) is 3.19. The highest BCUT2D eigenvalue weighted by atomic mass is 16.5. The van der Waals surface area contributed by atoms with Gasteiger partial charge >= 0.3 is 0 Å². The van der Waals surface area contributed by atoms with E-state index in [0.717, 1.165) is 51.4 Å². The van der Waals surface area contributed by atoms with Crippen LogP contribution in [-0.4, -0.2) is 67.3 Å². The summed E-state index contributed by atoms with van der Waals surface area (Å²) in [5.41, 5.74) is 0.596. The van der Waals surface area contributed by atoms with Gasteiger partial charge in [-0.3, -0.25) is 9.69 Å². The van der Waals surface area contributed by atoms with Gasteiger partial charge in [0.05, 0.1) is 17.7 Å². The maximum absolute atomic E-state index is 12.4. The molecule has 3 heterocycles. The summed E-state index contributed by atoms with van der Waals surface area (Å²) in [4.78, 5) is 21.0. The molecule has 7 heteroatoms. The molecule has 0 spiro atoms. The number of nitriles is 1. The molecule has 0 radical (unpaired) electrons. The highest BCUT2D eigenvalue weighted by Gasteiger charge is 2.27. The molecule has 25 heavy (non-hydrogen) atoms. The van der Waals surface area contributed by atoms with Crippen LogP contribution in [0.15, 0.2) is 18.3 Å². The van der Waals surface area contributed by atoms with E-state index in [0.29, 0.717) is 12.1 Å². The Bertz CT molecular complexity index is 631. The fourth-order valence-electron chi connectivity index (χ4n) is 3.39. The fraction of sp³-hybridized carbons (Fsp3) is 0.611. The van der Waals surface area contributed by atoms with E-state index in [2.05, 4.69) is 26.2 Å². The summed E-state index contributed by atoms with van der Waals surface area (Å²) in [7, 11) is 0. The summed E-state index contributed by atoms with van der Waals surface area (Å²) in [6, 6.07) is 5.59. The second-order valence-electron chi connectivity index (χ2n) is 6.57. The molecule has 0 aliphatic carbocycles. The number of hydrogen-bond acceptors (Lipinski definition) is 6. The van der Waals surface area contributed by atoms with Crippen molar-refractivity contribution in [2.45, 2.75) is 31.9 Å². The van der Waals surface area contributed by atoms with Gasteiger partial charge in [-0.1, -0.05) is 0 Å². The normalized spacial score (nSPS) is 22.4. The molecule has 2 atom stereocenters. The Morgan fingerprint density at radius 3 is 2.96 bits per heavy atom. The topological polar surface area (TPSA) is 81.5 Å². The molecule has 2 saturated heterocycles. The van der Waals surface area contributed by atoms with Crippen molar-refractivity contribution in [1.82, 2.24) is 15.2 Å². The summed E-state index contributed by atoms with van der Waals surface area (Å²) < 4.78 is 5.55. The van der Waals surface area contributed by atoms with Crippen molar-refractivity contribution >= 4 is 11.7 Å². The van der Waals surface area contributed by atoms with Crippen molar-refractivity contribution in [3.05, 3.63) is 23.9 Å². The van der Waals surface area contributed by atoms with Crippen LogP contribution < -0.4 is 10.2 Å². The first-order valence-electron chi connectivity index (χ1n) is 8.92. The quantitative estimate of drug-likeness (QED) is 0.850. The molecule has 3 rings (SSSR count). The molecule has 134 valence electrons. The minimum Gasteiger partial charge on any atom is -0.376 e. The maximum atomic E-state index is 12.4. The zero-order valence-electron chi connectivity index (χ0n) is 14.6. The van der Waals surface area contributed by atoms with E-state index < -0.39 is 0 Å². The largest absolute Gasteiger partial charge is 0.376 e. The van der Waals surface area contributed by atoms with Crippen LogP contribution in [0.1, 0.15) is 25.3 Å². The van der Waals surface area contributed by atoms with Crippen molar-refractivity contribution in [3.8, 4) is 6.07 Å². The summed E-state index contributed by atoms with van der Waals surface area (Å²) in [5.74, 6) is 0.791. The van der Waals surface area contributed by atoms with E-state index in [-0.39, 0.29) is 18.1 Å². The molecule has 1 aromatic rings. The minimum absolute atomic E-state index is 0.0551. The van der Waals surface area contributed by atoms with E-state index >= 15 is 0 Å². The van der Waals surface area contributed by atoms with Crippen LogP contribution in [0, 0.1) is 11.3 Å². The van der Waals surface area contributed by atoms with Gasteiger partial charge in [0.15, 0.2) is 0 Å². The first kappa shape index (κ1) is 17.6. The lowest BCUT2D eigenvalue weighted by Gasteiger charge is -2.38. The number of rotatable bonds is 5. The molecule has 7 nitrogen and oxygen atoms in total. The van der Waals surface area contributed by atoms with Gasteiger partial charge in [0.25, 0.3) is 0 Å². The SMILES string of the molecule is CC(C(=O)NCC1CCCO1)N1CCN(c2ncccc2C#N)CC1. The third kappa shape index (κ3) is 4.27. The number of pyridine rings is 1. The van der Waals surface area contributed by atoms with Crippen LogP contribution >= 0.6 is 0 Å². The average molecular weight is 343 g/mol. The number of aromatic nitrogens is 1. The summed E-state index contributed by atoms with van der Waals surface area (Å²) in [6.45, 7) is 6.41. The van der Waals surface area contributed by atoms with Crippen molar-refractivity contribution in [2.24, 2.45) is 0 Å². The van der Waals surface area contributed by atoms with Gasteiger partial charge < -0.3 is 15.0 Å². The molecule has 1 amide bonds. The Balaban J connectivity index is 1.49. The lowest BCUT2D eigenvalue weighted by Crippen LogP contribution is -2.54. The smallest absolute Gasteiger partial charge is 0.237 e. The van der Waals surface area contributed by atoms with Gasteiger partial charge in [-0.25, -0.2) is 4.98 Å². The van der Waals surface area contributed by atoms with E-state index in [9.17, 15) is 10.1 Å². The van der Waals surface area contributed by atoms with Crippen molar-refractivity contribution < 1.29 is 9.53 Å². The molecule has 2 unspecified atom stereocenters. The maximum Gasteiger partial charge on any atom is 0.237 e. The summed E-state index contributed by atoms with van der Waals surface area (Å²) in [6.07, 6.45) is 3.99. The van der Waals surface area contributed by atoms with Crippen molar-refractivity contribution in [3.63, 3.8) is 0 Å². The third-order valence-corrected chi connectivity index (χ3v) is 4.98. The van der Waals surface area contributed by atoms with E-state index in [4.69, 9.17) is 4.74 Å². The zero-order chi connectivity index (χ0) is 17.6. The number of nitrogens with zero attached hydrogens (tertiary/aromatic N) is 4. The van der Waals surface area contributed by atoms with E-state index in [1.807, 2.05) is 6.92 Å².